The maximum absolute atomic E-state index is 6.08. The van der Waals surface area contributed by atoms with Gasteiger partial charge in [-0.3, -0.25) is 4.99 Å². The number of guanidine groups is 1. The molecule has 114 valence electrons. The van der Waals surface area contributed by atoms with E-state index in [0.29, 0.717) is 17.4 Å². The van der Waals surface area contributed by atoms with Crippen molar-refractivity contribution in [2.24, 2.45) is 22.1 Å². The monoisotopic (exact) mass is 295 g/mol. The predicted molar refractivity (Wildman–Crippen MR) is 88.2 cm³/mol. The van der Waals surface area contributed by atoms with Crippen LogP contribution in [0.25, 0.3) is 0 Å². The lowest BCUT2D eigenvalue weighted by molar-refractivity contribution is 0.422. The molecule has 1 unspecified atom stereocenters. The van der Waals surface area contributed by atoms with Crippen molar-refractivity contribution in [1.82, 2.24) is 5.32 Å². The van der Waals surface area contributed by atoms with Crippen LogP contribution in [0.1, 0.15) is 57.8 Å². The fourth-order valence-electron chi connectivity index (χ4n) is 3.97. The van der Waals surface area contributed by atoms with Gasteiger partial charge >= 0.3 is 0 Å². The third-order valence-electron chi connectivity index (χ3n) is 5.54. The molecule has 0 amide bonds. The van der Waals surface area contributed by atoms with Crippen LogP contribution in [-0.2, 0) is 0 Å². The number of rotatable bonds is 3. The molecule has 2 aliphatic carbocycles. The lowest BCUT2D eigenvalue weighted by Crippen LogP contribution is -2.40. The standard InChI is InChI=1S/C16H29N3S/c17-15(19-14-5-3-1-2-4-6-14)18-12-13-11-16(13)7-9-20-10-8-16/h13-14H,1-12H2,(H3,17,18,19). The van der Waals surface area contributed by atoms with Crippen LogP contribution in [0.2, 0.25) is 0 Å². The number of hydrogen-bond donors (Lipinski definition) is 2. The Bertz CT molecular complexity index is 342. The number of nitrogens with two attached hydrogens (primary N) is 1. The lowest BCUT2D eigenvalue weighted by atomic mass is 9.96. The Labute approximate surface area is 127 Å². The largest absolute Gasteiger partial charge is 0.370 e. The number of hydrogen-bond acceptors (Lipinski definition) is 2. The van der Waals surface area contributed by atoms with Crippen LogP contribution in [-0.4, -0.2) is 30.1 Å². The molecule has 4 heteroatoms. The maximum Gasteiger partial charge on any atom is 0.188 e. The van der Waals surface area contributed by atoms with Crippen LogP contribution >= 0.6 is 11.8 Å². The molecule has 0 aromatic heterocycles. The molecule has 3 N–H and O–H groups in total. The molecule has 1 spiro atoms. The van der Waals surface area contributed by atoms with Crippen molar-refractivity contribution >= 4 is 17.7 Å². The Kier molecular flexibility index (Phi) is 4.79. The zero-order valence-corrected chi connectivity index (χ0v) is 13.4. The molecule has 1 aliphatic heterocycles. The second kappa shape index (κ2) is 6.59. The Balaban J connectivity index is 1.42. The third kappa shape index (κ3) is 3.63. The predicted octanol–water partition coefficient (Wildman–Crippen LogP) is 3.15. The lowest BCUT2D eigenvalue weighted by Gasteiger charge is -2.22. The van der Waals surface area contributed by atoms with Crippen molar-refractivity contribution in [3.8, 4) is 0 Å². The van der Waals surface area contributed by atoms with E-state index in [-0.39, 0.29) is 0 Å². The van der Waals surface area contributed by atoms with Crippen LogP contribution in [0.5, 0.6) is 0 Å². The summed E-state index contributed by atoms with van der Waals surface area (Å²) in [5, 5.41) is 3.46. The first-order valence-corrected chi connectivity index (χ1v) is 9.58. The first-order valence-electron chi connectivity index (χ1n) is 8.43. The summed E-state index contributed by atoms with van der Waals surface area (Å²) in [6, 6.07) is 0.570. The molecule has 1 heterocycles. The van der Waals surface area contributed by atoms with Crippen LogP contribution < -0.4 is 11.1 Å². The number of thioether (sulfide) groups is 1. The molecule has 1 atom stereocenters. The summed E-state index contributed by atoms with van der Waals surface area (Å²) in [6.45, 7) is 0.955. The van der Waals surface area contributed by atoms with Crippen molar-refractivity contribution in [3.63, 3.8) is 0 Å². The molecule has 0 radical (unpaired) electrons. The summed E-state index contributed by atoms with van der Waals surface area (Å²) in [6.07, 6.45) is 12.2. The van der Waals surface area contributed by atoms with Gasteiger partial charge in [-0.1, -0.05) is 25.7 Å². The van der Waals surface area contributed by atoms with Gasteiger partial charge in [0.25, 0.3) is 0 Å². The SMILES string of the molecule is NC(=NCC1CC12CCSCC2)NC1CCCCCC1. The van der Waals surface area contributed by atoms with E-state index < -0.39 is 0 Å². The molecule has 3 rings (SSSR count). The molecule has 2 saturated carbocycles. The second-order valence-corrected chi connectivity index (χ2v) is 8.16. The highest BCUT2D eigenvalue weighted by molar-refractivity contribution is 7.99. The van der Waals surface area contributed by atoms with Crippen LogP contribution in [0.15, 0.2) is 4.99 Å². The molecule has 3 nitrogen and oxygen atoms in total. The highest BCUT2D eigenvalue weighted by Crippen LogP contribution is 2.60. The molecule has 20 heavy (non-hydrogen) atoms. The summed E-state index contributed by atoms with van der Waals surface area (Å²) in [5.74, 6) is 4.23. The van der Waals surface area contributed by atoms with Crippen molar-refractivity contribution in [2.45, 2.75) is 63.8 Å². The summed E-state index contributed by atoms with van der Waals surface area (Å²) >= 11 is 2.12. The smallest absolute Gasteiger partial charge is 0.188 e. The zero-order chi connectivity index (χ0) is 13.8. The Hall–Kier alpha value is -0.380. The van der Waals surface area contributed by atoms with Crippen LogP contribution in [0.4, 0.5) is 0 Å². The average Bonchev–Trinajstić information content (AvgIpc) is 3.18. The van der Waals surface area contributed by atoms with Gasteiger partial charge in [-0.2, -0.15) is 11.8 Å². The highest BCUT2D eigenvalue weighted by atomic mass is 32.2. The van der Waals surface area contributed by atoms with E-state index in [2.05, 4.69) is 22.1 Å². The van der Waals surface area contributed by atoms with E-state index in [4.69, 9.17) is 5.73 Å². The normalized spacial score (nSPS) is 31.0. The van der Waals surface area contributed by atoms with E-state index in [9.17, 15) is 0 Å². The molecular formula is C16H29N3S. The molecule has 0 aromatic carbocycles. The topological polar surface area (TPSA) is 50.4 Å². The maximum atomic E-state index is 6.08. The second-order valence-electron chi connectivity index (χ2n) is 6.93. The van der Waals surface area contributed by atoms with E-state index >= 15 is 0 Å². The molecule has 1 saturated heterocycles. The van der Waals surface area contributed by atoms with Crippen molar-refractivity contribution in [2.75, 3.05) is 18.1 Å². The summed E-state index contributed by atoms with van der Waals surface area (Å²) in [7, 11) is 0. The molecule has 0 aromatic rings. The minimum absolute atomic E-state index is 0.570. The van der Waals surface area contributed by atoms with Gasteiger partial charge in [0.05, 0.1) is 0 Å². The zero-order valence-electron chi connectivity index (χ0n) is 12.6. The molecular weight excluding hydrogens is 266 g/mol. The quantitative estimate of drug-likeness (QED) is 0.478. The van der Waals surface area contributed by atoms with Gasteiger partial charge in [0.1, 0.15) is 0 Å². The van der Waals surface area contributed by atoms with Crippen molar-refractivity contribution in [3.05, 3.63) is 0 Å². The number of nitrogens with one attached hydrogen (secondary N) is 1. The summed E-state index contributed by atoms with van der Waals surface area (Å²) in [5.41, 5.74) is 6.75. The van der Waals surface area contributed by atoms with Gasteiger partial charge in [0.15, 0.2) is 5.96 Å². The molecule has 3 fully saturated rings. The van der Waals surface area contributed by atoms with Crippen molar-refractivity contribution < 1.29 is 0 Å². The Morgan fingerprint density at radius 1 is 1.15 bits per heavy atom. The van der Waals surface area contributed by atoms with Gasteiger partial charge < -0.3 is 11.1 Å². The Morgan fingerprint density at radius 2 is 1.85 bits per heavy atom. The third-order valence-corrected chi connectivity index (χ3v) is 6.52. The number of aliphatic imine (C=N–C) groups is 1. The van der Waals surface area contributed by atoms with E-state index in [0.717, 1.165) is 12.5 Å². The van der Waals surface area contributed by atoms with Gasteiger partial charge in [-0.05, 0) is 54.9 Å². The van der Waals surface area contributed by atoms with Gasteiger partial charge in [-0.15, -0.1) is 0 Å². The fourth-order valence-corrected chi connectivity index (χ4v) is 5.27. The first kappa shape index (κ1) is 14.6. The van der Waals surface area contributed by atoms with E-state index in [1.807, 2.05) is 0 Å². The number of nitrogens with zero attached hydrogens (tertiary/aromatic N) is 1. The van der Waals surface area contributed by atoms with Crippen LogP contribution in [0.3, 0.4) is 0 Å². The average molecular weight is 295 g/mol. The minimum atomic E-state index is 0.570. The van der Waals surface area contributed by atoms with Gasteiger partial charge in [0.2, 0.25) is 0 Å². The van der Waals surface area contributed by atoms with Crippen LogP contribution in [0, 0.1) is 11.3 Å². The minimum Gasteiger partial charge on any atom is -0.370 e. The van der Waals surface area contributed by atoms with Gasteiger partial charge in [-0.25, -0.2) is 0 Å². The fraction of sp³-hybridized carbons (Fsp3) is 0.938. The van der Waals surface area contributed by atoms with E-state index in [1.54, 1.807) is 0 Å². The summed E-state index contributed by atoms with van der Waals surface area (Å²) < 4.78 is 0. The van der Waals surface area contributed by atoms with Crippen molar-refractivity contribution in [1.29, 1.82) is 0 Å². The Morgan fingerprint density at radius 3 is 2.55 bits per heavy atom. The van der Waals surface area contributed by atoms with Gasteiger partial charge in [0, 0.05) is 12.6 Å². The highest BCUT2D eigenvalue weighted by Gasteiger charge is 2.53. The molecule has 0 bridgehead atoms. The molecule has 3 aliphatic rings. The van der Waals surface area contributed by atoms with E-state index in [1.165, 1.54) is 69.3 Å². The summed E-state index contributed by atoms with van der Waals surface area (Å²) in [4.78, 5) is 4.64. The first-order chi connectivity index (χ1) is 9.78.